The van der Waals surface area contributed by atoms with E-state index in [-0.39, 0.29) is 6.61 Å². The zero-order valence-corrected chi connectivity index (χ0v) is 5.14. The Bertz CT molecular complexity index is 106. The summed E-state index contributed by atoms with van der Waals surface area (Å²) in [5, 5.41) is 26.3. The van der Waals surface area contributed by atoms with E-state index in [1.807, 2.05) is 0 Å². The van der Waals surface area contributed by atoms with Crippen molar-refractivity contribution in [3.8, 4) is 0 Å². The molecular formula is C5H9FO4. The molecule has 0 amide bonds. The van der Waals surface area contributed by atoms with Crippen molar-refractivity contribution < 1.29 is 24.4 Å². The molecule has 1 saturated heterocycles. The lowest BCUT2D eigenvalue weighted by Gasteiger charge is -2.30. The van der Waals surface area contributed by atoms with Gasteiger partial charge in [0.05, 0.1) is 6.61 Å². The average molecular weight is 152 g/mol. The quantitative estimate of drug-likeness (QED) is 0.391. The Kier molecular flexibility index (Phi) is 2.20. The van der Waals surface area contributed by atoms with Gasteiger partial charge in [0.25, 0.3) is 0 Å². The van der Waals surface area contributed by atoms with Crippen LogP contribution in [-0.2, 0) is 4.74 Å². The number of aliphatic hydroxyl groups excluding tert-OH is 3. The molecule has 0 aromatic heterocycles. The molecule has 4 nitrogen and oxygen atoms in total. The molecule has 3 N–H and O–H groups in total. The Labute approximate surface area is 56.9 Å². The van der Waals surface area contributed by atoms with E-state index in [1.165, 1.54) is 0 Å². The van der Waals surface area contributed by atoms with E-state index in [0.717, 1.165) is 0 Å². The van der Waals surface area contributed by atoms with Crippen molar-refractivity contribution in [1.82, 2.24) is 0 Å². The third-order valence-electron chi connectivity index (χ3n) is 1.44. The largest absolute Gasteiger partial charge is 0.388 e. The van der Waals surface area contributed by atoms with Gasteiger partial charge in [-0.1, -0.05) is 0 Å². The molecule has 0 radical (unpaired) electrons. The van der Waals surface area contributed by atoms with Gasteiger partial charge in [0.1, 0.15) is 18.3 Å². The number of hydrogen-bond donors (Lipinski definition) is 3. The van der Waals surface area contributed by atoms with Crippen LogP contribution in [0.15, 0.2) is 0 Å². The summed E-state index contributed by atoms with van der Waals surface area (Å²) in [5.74, 6) is 0. The van der Waals surface area contributed by atoms with E-state index in [9.17, 15) is 4.39 Å². The van der Waals surface area contributed by atoms with Crippen molar-refractivity contribution in [2.45, 2.75) is 24.7 Å². The maximum absolute atomic E-state index is 12.3. The zero-order valence-electron chi connectivity index (χ0n) is 5.14. The van der Waals surface area contributed by atoms with E-state index >= 15 is 0 Å². The molecule has 0 saturated carbocycles. The zero-order chi connectivity index (χ0) is 7.72. The van der Waals surface area contributed by atoms with Crippen molar-refractivity contribution in [1.29, 1.82) is 0 Å². The molecule has 0 unspecified atom stereocenters. The molecule has 0 aliphatic carbocycles. The van der Waals surface area contributed by atoms with Crippen molar-refractivity contribution in [3.63, 3.8) is 0 Å². The van der Waals surface area contributed by atoms with Crippen molar-refractivity contribution >= 4 is 0 Å². The van der Waals surface area contributed by atoms with Crippen LogP contribution in [0.4, 0.5) is 4.39 Å². The minimum Gasteiger partial charge on any atom is -0.388 e. The summed E-state index contributed by atoms with van der Waals surface area (Å²) < 4.78 is 16.5. The van der Waals surface area contributed by atoms with E-state index in [1.54, 1.807) is 0 Å². The van der Waals surface area contributed by atoms with Gasteiger partial charge < -0.3 is 20.1 Å². The predicted octanol–water partition coefficient (Wildman–Crippen LogP) is -1.61. The van der Waals surface area contributed by atoms with Gasteiger partial charge in [0.15, 0.2) is 0 Å². The van der Waals surface area contributed by atoms with Gasteiger partial charge in [-0.15, -0.1) is 0 Å². The highest BCUT2D eigenvalue weighted by atomic mass is 19.1. The average Bonchev–Trinajstić information content (AvgIpc) is 1.93. The fourth-order valence-electron chi connectivity index (χ4n) is 0.770. The third-order valence-corrected chi connectivity index (χ3v) is 1.44. The summed E-state index contributed by atoms with van der Waals surface area (Å²) in [6.45, 7) is -0.278. The molecule has 60 valence electrons. The summed E-state index contributed by atoms with van der Waals surface area (Å²) in [4.78, 5) is 0. The monoisotopic (exact) mass is 152 g/mol. The predicted molar refractivity (Wildman–Crippen MR) is 28.9 cm³/mol. The lowest BCUT2D eigenvalue weighted by atomic mass is 10.1. The number of halogens is 1. The van der Waals surface area contributed by atoms with Crippen LogP contribution in [0.2, 0.25) is 0 Å². The Morgan fingerprint density at radius 1 is 1.20 bits per heavy atom. The van der Waals surface area contributed by atoms with Gasteiger partial charge in [0, 0.05) is 0 Å². The fourth-order valence-corrected chi connectivity index (χ4v) is 0.770. The molecule has 10 heavy (non-hydrogen) atoms. The lowest BCUT2D eigenvalue weighted by Crippen LogP contribution is -2.51. The molecule has 1 rings (SSSR count). The maximum Gasteiger partial charge on any atom is 0.227 e. The van der Waals surface area contributed by atoms with Crippen LogP contribution in [0.5, 0.6) is 0 Å². The molecule has 0 spiro atoms. The van der Waals surface area contributed by atoms with Crippen LogP contribution < -0.4 is 0 Å². The third kappa shape index (κ3) is 1.27. The number of rotatable bonds is 0. The molecule has 5 heteroatoms. The van der Waals surface area contributed by atoms with Gasteiger partial charge in [-0.2, -0.15) is 0 Å². The van der Waals surface area contributed by atoms with E-state index < -0.39 is 24.7 Å². The summed E-state index contributed by atoms with van der Waals surface area (Å²) in [7, 11) is 0. The second-order valence-electron chi connectivity index (χ2n) is 2.23. The van der Waals surface area contributed by atoms with Crippen LogP contribution in [0, 0.1) is 0 Å². The molecule has 4 atom stereocenters. The highest BCUT2D eigenvalue weighted by molar-refractivity contribution is 4.81. The van der Waals surface area contributed by atoms with E-state index in [4.69, 9.17) is 15.3 Å². The Morgan fingerprint density at radius 3 is 2.30 bits per heavy atom. The Morgan fingerprint density at radius 2 is 1.80 bits per heavy atom. The van der Waals surface area contributed by atoms with Crippen LogP contribution in [-0.4, -0.2) is 46.6 Å². The van der Waals surface area contributed by atoms with Crippen molar-refractivity contribution in [2.24, 2.45) is 0 Å². The second-order valence-corrected chi connectivity index (χ2v) is 2.23. The molecule has 0 aromatic rings. The molecule has 0 bridgehead atoms. The van der Waals surface area contributed by atoms with Crippen LogP contribution >= 0.6 is 0 Å². The van der Waals surface area contributed by atoms with Crippen LogP contribution in [0.1, 0.15) is 0 Å². The normalized spacial score (nSPS) is 49.2. The summed E-state index contributed by atoms with van der Waals surface area (Å²) >= 11 is 0. The number of alkyl halides is 1. The minimum absolute atomic E-state index is 0.278. The first-order chi connectivity index (χ1) is 4.63. The molecule has 1 aliphatic heterocycles. The fraction of sp³-hybridized carbons (Fsp3) is 1.00. The maximum atomic E-state index is 12.3. The van der Waals surface area contributed by atoms with Gasteiger partial charge in [-0.05, 0) is 0 Å². The first-order valence-corrected chi connectivity index (χ1v) is 2.93. The number of hydrogen-bond acceptors (Lipinski definition) is 4. The molecular weight excluding hydrogens is 143 g/mol. The Hall–Kier alpha value is -0.230. The smallest absolute Gasteiger partial charge is 0.227 e. The summed E-state index contributed by atoms with van der Waals surface area (Å²) in [6.07, 6.45) is -6.16. The second kappa shape index (κ2) is 2.79. The minimum atomic E-state index is -1.89. The van der Waals surface area contributed by atoms with Crippen molar-refractivity contribution in [2.75, 3.05) is 6.61 Å². The van der Waals surface area contributed by atoms with Gasteiger partial charge in [-0.3, -0.25) is 0 Å². The van der Waals surface area contributed by atoms with Gasteiger partial charge in [-0.25, -0.2) is 4.39 Å². The van der Waals surface area contributed by atoms with Crippen LogP contribution in [0.3, 0.4) is 0 Å². The first-order valence-electron chi connectivity index (χ1n) is 2.93. The SMILES string of the molecule is O[C@@H]1[C@@H](O)[C@H](F)OC[C@H]1O. The van der Waals surface area contributed by atoms with Crippen molar-refractivity contribution in [3.05, 3.63) is 0 Å². The van der Waals surface area contributed by atoms with Gasteiger partial charge in [0.2, 0.25) is 6.36 Å². The van der Waals surface area contributed by atoms with Gasteiger partial charge >= 0.3 is 0 Å². The lowest BCUT2D eigenvalue weighted by molar-refractivity contribution is -0.224. The molecule has 1 heterocycles. The molecule has 1 aliphatic rings. The van der Waals surface area contributed by atoms with Crippen LogP contribution in [0.25, 0.3) is 0 Å². The summed E-state index contributed by atoms with van der Waals surface area (Å²) in [6, 6.07) is 0. The van der Waals surface area contributed by atoms with E-state index in [0.29, 0.717) is 0 Å². The molecule has 0 aromatic carbocycles. The summed E-state index contributed by atoms with van der Waals surface area (Å²) in [5.41, 5.74) is 0. The topological polar surface area (TPSA) is 69.9 Å². The highest BCUT2D eigenvalue weighted by Crippen LogP contribution is 2.15. The first kappa shape index (κ1) is 7.87. The standard InChI is InChI=1S/C5H9FO4/c6-5-4(9)3(8)2(7)1-10-5/h2-5,7-9H,1H2/t2-,3+,4-,5-/m1/s1. The number of ether oxygens (including phenoxy) is 1. The molecule has 1 fully saturated rings. The number of aliphatic hydroxyl groups is 3. The highest BCUT2D eigenvalue weighted by Gasteiger charge is 2.37. The Balaban J connectivity index is 2.52. The van der Waals surface area contributed by atoms with E-state index in [2.05, 4.69) is 4.74 Å².